The number of aliphatic hydroxyl groups excluding tert-OH is 1. The van der Waals surface area contributed by atoms with E-state index in [2.05, 4.69) is 10.6 Å². The van der Waals surface area contributed by atoms with E-state index in [0.29, 0.717) is 22.2 Å². The molecule has 2 saturated heterocycles. The Morgan fingerprint density at radius 1 is 1.43 bits per heavy atom. The molecule has 0 aromatic carbocycles. The van der Waals surface area contributed by atoms with Crippen molar-refractivity contribution in [2.24, 2.45) is 0 Å². The number of hydrogen-bond acceptors (Lipinski definition) is 5. The number of carbonyl (C=O) groups excluding carboxylic acids is 1. The van der Waals surface area contributed by atoms with E-state index in [0.717, 1.165) is 25.9 Å². The van der Waals surface area contributed by atoms with Gasteiger partial charge in [-0.2, -0.15) is 0 Å². The summed E-state index contributed by atoms with van der Waals surface area (Å²) in [5.41, 5.74) is -1.25. The third kappa shape index (κ3) is 3.67. The van der Waals surface area contributed by atoms with Crippen molar-refractivity contribution in [1.29, 1.82) is 0 Å². The van der Waals surface area contributed by atoms with Crippen molar-refractivity contribution in [3.05, 3.63) is 21.3 Å². The van der Waals surface area contributed by atoms with E-state index in [-0.39, 0.29) is 18.3 Å². The zero-order valence-electron chi connectivity index (χ0n) is 12.9. The first-order valence-electron chi connectivity index (χ1n) is 7.56. The van der Waals surface area contributed by atoms with Crippen LogP contribution in [0.1, 0.15) is 35.9 Å². The highest BCUT2D eigenvalue weighted by Crippen LogP contribution is 2.38. The molecule has 23 heavy (non-hydrogen) atoms. The highest BCUT2D eigenvalue weighted by atomic mass is 35.5. The molecule has 2 fully saturated rings. The lowest BCUT2D eigenvalue weighted by Crippen LogP contribution is -2.69. The van der Waals surface area contributed by atoms with E-state index in [9.17, 15) is 9.90 Å². The molecular formula is C15H22Cl2N2O3S. The minimum Gasteiger partial charge on any atom is -0.388 e. The van der Waals surface area contributed by atoms with Gasteiger partial charge in [0, 0.05) is 6.61 Å². The second kappa shape index (κ2) is 7.25. The van der Waals surface area contributed by atoms with Crippen molar-refractivity contribution in [1.82, 2.24) is 10.6 Å². The average molecular weight is 381 g/mol. The largest absolute Gasteiger partial charge is 0.388 e. The van der Waals surface area contributed by atoms with Crippen LogP contribution in [-0.4, -0.2) is 48.0 Å². The summed E-state index contributed by atoms with van der Waals surface area (Å²) in [4.78, 5) is 13.0. The number of halogens is 2. The fourth-order valence-electron chi connectivity index (χ4n) is 3.42. The van der Waals surface area contributed by atoms with E-state index in [1.165, 1.54) is 11.3 Å². The van der Waals surface area contributed by atoms with Crippen molar-refractivity contribution in [2.75, 3.05) is 19.7 Å². The van der Waals surface area contributed by atoms with Crippen LogP contribution in [0.25, 0.3) is 0 Å². The minimum atomic E-state index is -0.727. The summed E-state index contributed by atoms with van der Waals surface area (Å²) in [7, 11) is 0. The third-order valence-electron chi connectivity index (χ3n) is 4.76. The highest BCUT2D eigenvalue weighted by Gasteiger charge is 2.53. The number of rotatable bonds is 2. The van der Waals surface area contributed by atoms with Gasteiger partial charge in [-0.15, -0.1) is 23.7 Å². The molecule has 5 nitrogen and oxygen atoms in total. The molecule has 0 unspecified atom stereocenters. The van der Waals surface area contributed by atoms with Crippen LogP contribution in [0.4, 0.5) is 0 Å². The lowest BCUT2D eigenvalue weighted by atomic mass is 9.73. The van der Waals surface area contributed by atoms with Gasteiger partial charge >= 0.3 is 0 Å². The number of ether oxygens (including phenoxy) is 1. The van der Waals surface area contributed by atoms with Crippen molar-refractivity contribution in [3.63, 3.8) is 0 Å². The van der Waals surface area contributed by atoms with E-state index < -0.39 is 17.2 Å². The van der Waals surface area contributed by atoms with E-state index in [1.807, 2.05) is 6.92 Å². The smallest absolute Gasteiger partial charge is 0.261 e. The normalized spacial score (nSPS) is 29.8. The van der Waals surface area contributed by atoms with Gasteiger partial charge in [-0.3, -0.25) is 4.79 Å². The number of amides is 1. The Balaban J connectivity index is 0.00000192. The van der Waals surface area contributed by atoms with Crippen LogP contribution in [0.5, 0.6) is 0 Å². The molecule has 1 aromatic heterocycles. The van der Waals surface area contributed by atoms with Crippen molar-refractivity contribution < 1.29 is 14.6 Å². The number of carbonyl (C=O) groups is 1. The summed E-state index contributed by atoms with van der Waals surface area (Å²) in [6.45, 7) is 4.08. The average Bonchev–Trinajstić information content (AvgIpc) is 2.93. The topological polar surface area (TPSA) is 70.6 Å². The Morgan fingerprint density at radius 2 is 2.13 bits per heavy atom. The number of hydrogen-bond donors (Lipinski definition) is 3. The first-order valence-corrected chi connectivity index (χ1v) is 8.75. The highest BCUT2D eigenvalue weighted by molar-refractivity contribution is 7.18. The Bertz CT molecular complexity index is 557. The van der Waals surface area contributed by atoms with Gasteiger partial charge in [-0.1, -0.05) is 11.6 Å². The molecule has 3 rings (SSSR count). The van der Waals surface area contributed by atoms with Crippen LogP contribution in [0, 0.1) is 0 Å². The van der Waals surface area contributed by atoms with Crippen LogP contribution < -0.4 is 10.6 Å². The molecule has 130 valence electrons. The summed E-state index contributed by atoms with van der Waals surface area (Å²) in [6.07, 6.45) is 1.37. The summed E-state index contributed by atoms with van der Waals surface area (Å²) < 4.78 is 6.53. The van der Waals surface area contributed by atoms with E-state index in [1.54, 1.807) is 12.1 Å². The zero-order chi connectivity index (χ0) is 15.8. The van der Waals surface area contributed by atoms with Crippen LogP contribution in [0.3, 0.4) is 0 Å². The maximum absolute atomic E-state index is 12.4. The summed E-state index contributed by atoms with van der Waals surface area (Å²) in [5.74, 6) is -0.190. The molecule has 1 amide bonds. The second-order valence-electron chi connectivity index (χ2n) is 6.29. The quantitative estimate of drug-likeness (QED) is 0.735. The first-order chi connectivity index (χ1) is 10.5. The summed E-state index contributed by atoms with van der Waals surface area (Å²) >= 11 is 7.13. The molecule has 2 aliphatic heterocycles. The number of nitrogens with one attached hydrogen (secondary N) is 2. The molecule has 0 bridgehead atoms. The monoisotopic (exact) mass is 380 g/mol. The molecule has 1 aromatic rings. The molecule has 0 aliphatic carbocycles. The molecule has 0 saturated carbocycles. The maximum Gasteiger partial charge on any atom is 0.261 e. The Morgan fingerprint density at radius 3 is 2.74 bits per heavy atom. The van der Waals surface area contributed by atoms with E-state index in [4.69, 9.17) is 16.3 Å². The van der Waals surface area contributed by atoms with Gasteiger partial charge in [0.1, 0.15) is 6.10 Å². The lowest BCUT2D eigenvalue weighted by Gasteiger charge is -2.52. The molecule has 3 heterocycles. The molecule has 2 aliphatic rings. The van der Waals surface area contributed by atoms with Gasteiger partial charge in [-0.25, -0.2) is 0 Å². The molecule has 8 heteroatoms. The van der Waals surface area contributed by atoms with Crippen molar-refractivity contribution in [2.45, 2.75) is 43.4 Å². The van der Waals surface area contributed by atoms with Crippen molar-refractivity contribution in [3.8, 4) is 0 Å². The van der Waals surface area contributed by atoms with Gasteiger partial charge in [0.2, 0.25) is 0 Å². The maximum atomic E-state index is 12.4. The predicted octanol–water partition coefficient (Wildman–Crippen LogP) is 2.22. The van der Waals surface area contributed by atoms with Crippen LogP contribution >= 0.6 is 35.3 Å². The Hall–Kier alpha value is -0.370. The fraction of sp³-hybridized carbons (Fsp3) is 0.667. The van der Waals surface area contributed by atoms with Crippen molar-refractivity contribution >= 4 is 41.3 Å². The zero-order valence-corrected chi connectivity index (χ0v) is 15.3. The first kappa shape index (κ1) is 19.0. The number of thiophene rings is 1. The van der Waals surface area contributed by atoms with Gasteiger partial charge in [0.05, 0.1) is 20.4 Å². The van der Waals surface area contributed by atoms with Crippen LogP contribution in [0.2, 0.25) is 4.34 Å². The summed E-state index contributed by atoms with van der Waals surface area (Å²) in [5, 5.41) is 17.2. The molecule has 3 N–H and O–H groups in total. The van der Waals surface area contributed by atoms with Gasteiger partial charge in [-0.05, 0) is 51.4 Å². The summed E-state index contributed by atoms with van der Waals surface area (Å²) in [6, 6.07) is 3.41. The molecule has 0 radical (unpaired) electrons. The predicted molar refractivity (Wildman–Crippen MR) is 93.9 cm³/mol. The van der Waals surface area contributed by atoms with Gasteiger partial charge < -0.3 is 20.5 Å². The number of piperidine rings is 1. The molecule has 2 atom stereocenters. The van der Waals surface area contributed by atoms with Crippen LogP contribution in [-0.2, 0) is 4.74 Å². The minimum absolute atomic E-state index is 0. The lowest BCUT2D eigenvalue weighted by molar-refractivity contribution is -0.197. The fourth-order valence-corrected chi connectivity index (χ4v) is 4.36. The SMILES string of the molecule is C[C@@]1(NC(=O)c2ccc(Cl)s2)CCOC2(CCNCC2)[C@H]1O.Cl. The van der Waals surface area contributed by atoms with Gasteiger partial charge in [0.25, 0.3) is 5.91 Å². The second-order valence-corrected chi connectivity index (χ2v) is 8.01. The van der Waals surface area contributed by atoms with E-state index >= 15 is 0 Å². The standard InChI is InChI=1S/C15H21ClN2O3S.ClH/c1-14(18-12(19)10-2-3-11(16)22-10)6-9-21-15(13(14)20)4-7-17-8-5-15;/h2-3,13,17,20H,4-9H2,1H3,(H,18,19);1H/t13-,14+;/m0./s1. The van der Waals surface area contributed by atoms with Gasteiger partial charge in [0.15, 0.2) is 0 Å². The molecular weight excluding hydrogens is 359 g/mol. The van der Waals surface area contributed by atoms with Crippen LogP contribution in [0.15, 0.2) is 12.1 Å². The third-order valence-corrected chi connectivity index (χ3v) is 5.99. The molecule has 1 spiro atoms. The number of aliphatic hydroxyl groups is 1. The Labute approximate surface area is 151 Å². The Kier molecular flexibility index (Phi) is 5.98.